The van der Waals surface area contributed by atoms with Crippen LogP contribution in [0.3, 0.4) is 0 Å². The molecule has 3 aromatic rings. The van der Waals surface area contributed by atoms with E-state index in [0.29, 0.717) is 6.04 Å². The van der Waals surface area contributed by atoms with Gasteiger partial charge < -0.3 is 14.4 Å². The number of hydrogen-bond donors (Lipinski definition) is 0. The lowest BCUT2D eigenvalue weighted by molar-refractivity contribution is 0.675. The van der Waals surface area contributed by atoms with Crippen LogP contribution in [-0.4, -0.2) is 50.7 Å². The molecule has 1 fully saturated rings. The van der Waals surface area contributed by atoms with Gasteiger partial charge in [-0.3, -0.25) is 4.98 Å². The molecule has 0 radical (unpaired) electrons. The predicted octanol–water partition coefficient (Wildman–Crippen LogP) is 1.47. The molecular formula is C16H19N7. The molecule has 1 unspecified atom stereocenters. The quantitative estimate of drug-likeness (QED) is 0.730. The molecule has 3 aromatic heterocycles. The van der Waals surface area contributed by atoms with Gasteiger partial charge in [0.05, 0.1) is 18.6 Å². The first kappa shape index (κ1) is 13.9. The minimum atomic E-state index is 0.397. The van der Waals surface area contributed by atoms with Gasteiger partial charge >= 0.3 is 0 Å². The third-order valence-corrected chi connectivity index (χ3v) is 4.50. The van der Waals surface area contributed by atoms with E-state index in [1.807, 2.05) is 24.0 Å². The number of anilines is 2. The van der Waals surface area contributed by atoms with Gasteiger partial charge in [-0.1, -0.05) is 0 Å². The predicted molar refractivity (Wildman–Crippen MR) is 89.6 cm³/mol. The summed E-state index contributed by atoms with van der Waals surface area (Å²) < 4.78 is 1.92. The fourth-order valence-electron chi connectivity index (χ4n) is 3.09. The summed E-state index contributed by atoms with van der Waals surface area (Å²) >= 11 is 0. The normalized spacial score (nSPS) is 17.8. The standard InChI is InChI=1S/C16H19N7/c1-21-11-19-14-9-18-16(20-15(14)21)22(2)13-5-8-23(10-13)12-3-6-17-7-4-12/h3-4,6-7,9,11,13H,5,8,10H2,1-2H3. The van der Waals surface area contributed by atoms with Crippen LogP contribution >= 0.6 is 0 Å². The van der Waals surface area contributed by atoms with E-state index < -0.39 is 0 Å². The van der Waals surface area contributed by atoms with Crippen molar-refractivity contribution < 1.29 is 0 Å². The van der Waals surface area contributed by atoms with Crippen LogP contribution in [0.1, 0.15) is 6.42 Å². The largest absolute Gasteiger partial charge is 0.369 e. The third-order valence-electron chi connectivity index (χ3n) is 4.50. The van der Waals surface area contributed by atoms with Crippen molar-refractivity contribution in [1.29, 1.82) is 0 Å². The first-order chi connectivity index (χ1) is 11.2. The van der Waals surface area contributed by atoms with E-state index in [0.717, 1.165) is 36.6 Å². The van der Waals surface area contributed by atoms with Crippen LogP contribution in [0.2, 0.25) is 0 Å². The Morgan fingerprint density at radius 2 is 2.04 bits per heavy atom. The van der Waals surface area contributed by atoms with Crippen molar-refractivity contribution in [2.75, 3.05) is 29.9 Å². The number of rotatable bonds is 3. The summed E-state index contributed by atoms with van der Waals surface area (Å²) in [6, 6.07) is 4.51. The summed E-state index contributed by atoms with van der Waals surface area (Å²) in [7, 11) is 4.02. The zero-order valence-corrected chi connectivity index (χ0v) is 13.3. The number of likely N-dealkylation sites (N-methyl/N-ethyl adjacent to an activating group) is 1. The summed E-state index contributed by atoms with van der Waals surface area (Å²) in [5, 5.41) is 0. The lowest BCUT2D eigenvalue weighted by atomic mass is 10.2. The Bertz CT molecular complexity index is 814. The molecule has 0 spiro atoms. The highest BCUT2D eigenvalue weighted by Crippen LogP contribution is 2.24. The number of fused-ring (bicyclic) bond motifs is 1. The number of hydrogen-bond acceptors (Lipinski definition) is 6. The molecule has 4 rings (SSSR count). The van der Waals surface area contributed by atoms with Crippen LogP contribution in [0, 0.1) is 0 Å². The molecule has 7 heteroatoms. The van der Waals surface area contributed by atoms with Gasteiger partial charge in [0.15, 0.2) is 5.65 Å². The van der Waals surface area contributed by atoms with E-state index in [1.54, 1.807) is 12.5 Å². The molecule has 0 bridgehead atoms. The van der Waals surface area contributed by atoms with Crippen molar-refractivity contribution in [3.8, 4) is 0 Å². The number of imidazole rings is 1. The molecule has 1 saturated heterocycles. The van der Waals surface area contributed by atoms with E-state index in [9.17, 15) is 0 Å². The van der Waals surface area contributed by atoms with Gasteiger partial charge in [0.25, 0.3) is 0 Å². The SMILES string of the molecule is CN(c1ncc2ncn(C)c2n1)C1CCN(c2ccncc2)C1. The smallest absolute Gasteiger partial charge is 0.227 e. The summed E-state index contributed by atoms with van der Waals surface area (Å²) in [6.07, 6.45) is 8.33. The molecule has 23 heavy (non-hydrogen) atoms. The van der Waals surface area contributed by atoms with E-state index in [1.165, 1.54) is 5.69 Å². The Hall–Kier alpha value is -2.70. The second kappa shape index (κ2) is 5.49. The van der Waals surface area contributed by atoms with Crippen molar-refractivity contribution in [2.24, 2.45) is 7.05 Å². The van der Waals surface area contributed by atoms with Crippen molar-refractivity contribution in [2.45, 2.75) is 12.5 Å². The maximum atomic E-state index is 4.66. The summed E-state index contributed by atoms with van der Waals surface area (Å²) in [6.45, 7) is 2.00. The van der Waals surface area contributed by atoms with Crippen LogP contribution in [0.4, 0.5) is 11.6 Å². The highest BCUT2D eigenvalue weighted by molar-refractivity contribution is 5.70. The number of aromatic nitrogens is 5. The summed E-state index contributed by atoms with van der Waals surface area (Å²) in [4.78, 5) is 22.0. The van der Waals surface area contributed by atoms with E-state index in [-0.39, 0.29) is 0 Å². The van der Waals surface area contributed by atoms with Gasteiger partial charge in [0, 0.05) is 45.3 Å². The van der Waals surface area contributed by atoms with Crippen LogP contribution in [0.5, 0.6) is 0 Å². The molecule has 1 aliphatic heterocycles. The first-order valence-corrected chi connectivity index (χ1v) is 7.74. The lowest BCUT2D eigenvalue weighted by Gasteiger charge is -2.25. The van der Waals surface area contributed by atoms with Crippen molar-refractivity contribution >= 4 is 22.8 Å². The van der Waals surface area contributed by atoms with E-state index >= 15 is 0 Å². The van der Waals surface area contributed by atoms with Gasteiger partial charge in [0.2, 0.25) is 5.95 Å². The molecule has 0 N–H and O–H groups in total. The van der Waals surface area contributed by atoms with Crippen molar-refractivity contribution in [1.82, 2.24) is 24.5 Å². The highest BCUT2D eigenvalue weighted by atomic mass is 15.3. The second-order valence-corrected chi connectivity index (χ2v) is 5.94. The molecule has 118 valence electrons. The Balaban J connectivity index is 1.54. The zero-order valence-electron chi connectivity index (χ0n) is 13.3. The fraction of sp³-hybridized carbons (Fsp3) is 0.375. The Kier molecular flexibility index (Phi) is 3.33. The van der Waals surface area contributed by atoms with Crippen LogP contribution in [-0.2, 0) is 7.05 Å². The van der Waals surface area contributed by atoms with Crippen LogP contribution < -0.4 is 9.80 Å². The maximum Gasteiger partial charge on any atom is 0.227 e. The molecule has 0 aromatic carbocycles. The number of nitrogens with zero attached hydrogens (tertiary/aromatic N) is 7. The van der Waals surface area contributed by atoms with Crippen molar-refractivity contribution in [3.05, 3.63) is 37.1 Å². The first-order valence-electron chi connectivity index (χ1n) is 7.74. The number of pyridine rings is 1. The number of aryl methyl sites for hydroxylation is 1. The van der Waals surface area contributed by atoms with Gasteiger partial charge in [-0.25, -0.2) is 9.97 Å². The lowest BCUT2D eigenvalue weighted by Crippen LogP contribution is -2.35. The second-order valence-electron chi connectivity index (χ2n) is 5.94. The molecular weight excluding hydrogens is 290 g/mol. The summed E-state index contributed by atoms with van der Waals surface area (Å²) in [5.74, 6) is 0.752. The van der Waals surface area contributed by atoms with Crippen LogP contribution in [0.25, 0.3) is 11.2 Å². The average Bonchev–Trinajstić information content (AvgIpc) is 3.22. The van der Waals surface area contributed by atoms with Gasteiger partial charge in [0.1, 0.15) is 5.52 Å². The molecule has 0 aliphatic carbocycles. The Morgan fingerprint density at radius 3 is 2.87 bits per heavy atom. The fourth-order valence-corrected chi connectivity index (χ4v) is 3.09. The maximum absolute atomic E-state index is 4.66. The Labute approximate surface area is 134 Å². The Morgan fingerprint density at radius 1 is 1.22 bits per heavy atom. The zero-order chi connectivity index (χ0) is 15.8. The third kappa shape index (κ3) is 2.48. The molecule has 1 aliphatic rings. The van der Waals surface area contributed by atoms with Gasteiger partial charge in [-0.15, -0.1) is 0 Å². The minimum absolute atomic E-state index is 0.397. The monoisotopic (exact) mass is 309 g/mol. The van der Waals surface area contributed by atoms with Crippen molar-refractivity contribution in [3.63, 3.8) is 0 Å². The average molecular weight is 309 g/mol. The molecule has 7 nitrogen and oxygen atoms in total. The molecule has 0 amide bonds. The van der Waals surface area contributed by atoms with Gasteiger partial charge in [-0.2, -0.15) is 4.98 Å². The van der Waals surface area contributed by atoms with Gasteiger partial charge in [-0.05, 0) is 18.6 Å². The van der Waals surface area contributed by atoms with E-state index in [2.05, 4.69) is 48.9 Å². The molecule has 4 heterocycles. The highest BCUT2D eigenvalue weighted by Gasteiger charge is 2.27. The van der Waals surface area contributed by atoms with Crippen LogP contribution in [0.15, 0.2) is 37.1 Å². The van der Waals surface area contributed by atoms with E-state index in [4.69, 9.17) is 0 Å². The molecule has 0 saturated carbocycles. The molecule has 1 atom stereocenters. The summed E-state index contributed by atoms with van der Waals surface area (Å²) in [5.41, 5.74) is 2.92. The minimum Gasteiger partial charge on any atom is -0.369 e. The topological polar surface area (TPSA) is 63.0 Å².